The van der Waals surface area contributed by atoms with Crippen molar-refractivity contribution in [1.29, 1.82) is 0 Å². The first kappa shape index (κ1) is 17.6. The Labute approximate surface area is 174 Å². The molecule has 30 heavy (non-hydrogen) atoms. The summed E-state index contributed by atoms with van der Waals surface area (Å²) in [5, 5.41) is 0. The number of imide groups is 1. The summed E-state index contributed by atoms with van der Waals surface area (Å²) in [5.41, 5.74) is 1.22. The normalized spacial score (nSPS) is 32.7. The molecule has 1 aliphatic heterocycles. The standard InChI is InChI=1S/C25H21NO4/c27-21(12-14-6-2-1-3-7-14)30-20-9-5-4-8-19(20)26-24(28)22-15-10-11-16(18-13-17(15)18)23(22)25(26)29/h1-11,15-18,22-23H,12-13H2/t15-,16-,17-,18-,22+,23+/m0/s1. The number of hydrogen-bond donors (Lipinski definition) is 0. The predicted octanol–water partition coefficient (Wildman–Crippen LogP) is 3.39. The third-order valence-electron chi connectivity index (χ3n) is 7.18. The topological polar surface area (TPSA) is 63.7 Å². The lowest BCUT2D eigenvalue weighted by atomic mass is 9.63. The van der Waals surface area contributed by atoms with E-state index in [2.05, 4.69) is 12.2 Å². The van der Waals surface area contributed by atoms with Crippen molar-refractivity contribution in [2.75, 3.05) is 4.90 Å². The number of rotatable bonds is 4. The highest BCUT2D eigenvalue weighted by Gasteiger charge is 2.67. The summed E-state index contributed by atoms with van der Waals surface area (Å²) in [4.78, 5) is 40.5. The summed E-state index contributed by atoms with van der Waals surface area (Å²) < 4.78 is 5.61. The minimum absolute atomic E-state index is 0.125. The zero-order valence-corrected chi connectivity index (χ0v) is 16.3. The van der Waals surface area contributed by atoms with Crippen LogP contribution in [0.2, 0.25) is 0 Å². The highest BCUT2D eigenvalue weighted by Crippen LogP contribution is 2.65. The third kappa shape index (κ3) is 2.51. The molecule has 1 saturated heterocycles. The Bertz CT molecular complexity index is 1060. The van der Waals surface area contributed by atoms with E-state index in [-0.39, 0.29) is 47.7 Å². The molecule has 150 valence electrons. The average Bonchev–Trinajstić information content (AvgIpc) is 3.53. The minimum Gasteiger partial charge on any atom is -0.424 e. The van der Waals surface area contributed by atoms with Crippen LogP contribution in [0.1, 0.15) is 12.0 Å². The van der Waals surface area contributed by atoms with Crippen LogP contribution in [0.4, 0.5) is 5.69 Å². The van der Waals surface area contributed by atoms with Crippen molar-refractivity contribution in [1.82, 2.24) is 0 Å². The molecule has 0 spiro atoms. The van der Waals surface area contributed by atoms with E-state index in [1.54, 1.807) is 24.3 Å². The number of esters is 1. The number of carbonyl (C=O) groups is 3. The minimum atomic E-state index is -0.423. The lowest BCUT2D eigenvalue weighted by Gasteiger charge is -2.37. The second-order valence-electron chi connectivity index (χ2n) is 8.77. The second-order valence-corrected chi connectivity index (χ2v) is 8.77. The van der Waals surface area contributed by atoms with Crippen molar-refractivity contribution >= 4 is 23.5 Å². The van der Waals surface area contributed by atoms with Crippen molar-refractivity contribution in [3.63, 3.8) is 0 Å². The summed E-state index contributed by atoms with van der Waals surface area (Å²) in [6.07, 6.45) is 5.56. The van der Waals surface area contributed by atoms with Gasteiger partial charge in [0.25, 0.3) is 0 Å². The van der Waals surface area contributed by atoms with E-state index in [9.17, 15) is 14.4 Å². The van der Waals surface area contributed by atoms with Gasteiger partial charge in [0.05, 0.1) is 23.9 Å². The van der Waals surface area contributed by atoms with Crippen LogP contribution in [-0.2, 0) is 20.8 Å². The monoisotopic (exact) mass is 399 g/mol. The molecule has 3 fully saturated rings. The van der Waals surface area contributed by atoms with Crippen molar-refractivity contribution in [2.45, 2.75) is 12.8 Å². The second kappa shape index (κ2) is 6.39. The molecule has 2 saturated carbocycles. The van der Waals surface area contributed by atoms with Crippen molar-refractivity contribution < 1.29 is 19.1 Å². The van der Waals surface area contributed by atoms with Crippen LogP contribution in [-0.4, -0.2) is 17.8 Å². The van der Waals surface area contributed by atoms with Gasteiger partial charge < -0.3 is 4.74 Å². The first-order valence-corrected chi connectivity index (χ1v) is 10.5. The van der Waals surface area contributed by atoms with Gasteiger partial charge in [0.2, 0.25) is 11.8 Å². The predicted molar refractivity (Wildman–Crippen MR) is 109 cm³/mol. The molecule has 2 bridgehead atoms. The van der Waals surface area contributed by atoms with Crippen LogP contribution in [0.15, 0.2) is 66.7 Å². The van der Waals surface area contributed by atoms with E-state index in [0.717, 1.165) is 12.0 Å². The molecule has 5 aliphatic rings. The van der Waals surface area contributed by atoms with E-state index < -0.39 is 5.97 Å². The van der Waals surface area contributed by atoms with Gasteiger partial charge in [-0.15, -0.1) is 0 Å². The maximum atomic E-state index is 13.4. The number of amides is 2. The van der Waals surface area contributed by atoms with Gasteiger partial charge in [-0.2, -0.15) is 0 Å². The number of ether oxygens (including phenoxy) is 1. The highest BCUT2D eigenvalue weighted by molar-refractivity contribution is 6.23. The molecule has 5 heteroatoms. The largest absolute Gasteiger partial charge is 0.424 e. The van der Waals surface area contributed by atoms with Gasteiger partial charge in [0.15, 0.2) is 5.75 Å². The molecule has 5 nitrogen and oxygen atoms in total. The summed E-state index contributed by atoms with van der Waals surface area (Å²) in [6.45, 7) is 0. The number of allylic oxidation sites excluding steroid dienone is 2. The molecule has 6 atom stereocenters. The van der Waals surface area contributed by atoms with Crippen LogP contribution in [0.25, 0.3) is 0 Å². The van der Waals surface area contributed by atoms with E-state index in [4.69, 9.17) is 4.74 Å². The van der Waals surface area contributed by atoms with E-state index in [1.807, 2.05) is 30.3 Å². The molecule has 2 amide bonds. The van der Waals surface area contributed by atoms with Gasteiger partial charge in [0.1, 0.15) is 0 Å². The summed E-state index contributed by atoms with van der Waals surface area (Å²) in [7, 11) is 0. The number of carbonyl (C=O) groups excluding carboxylic acids is 3. The Hall–Kier alpha value is -3.21. The number of nitrogens with zero attached hydrogens (tertiary/aromatic N) is 1. The number of anilines is 1. The van der Waals surface area contributed by atoms with E-state index >= 15 is 0 Å². The van der Waals surface area contributed by atoms with E-state index in [1.165, 1.54) is 4.90 Å². The number of hydrogen-bond acceptors (Lipinski definition) is 4. The van der Waals surface area contributed by atoms with Gasteiger partial charge in [0, 0.05) is 0 Å². The van der Waals surface area contributed by atoms with Crippen molar-refractivity contribution in [3.8, 4) is 5.75 Å². The smallest absolute Gasteiger partial charge is 0.315 e. The Morgan fingerprint density at radius 1 is 0.867 bits per heavy atom. The van der Waals surface area contributed by atoms with Gasteiger partial charge >= 0.3 is 5.97 Å². The maximum absolute atomic E-state index is 13.4. The van der Waals surface area contributed by atoms with Gasteiger partial charge in [-0.3, -0.25) is 14.4 Å². The van der Waals surface area contributed by atoms with Crippen LogP contribution in [0.3, 0.4) is 0 Å². The maximum Gasteiger partial charge on any atom is 0.315 e. The molecule has 7 rings (SSSR count). The first-order chi connectivity index (χ1) is 14.6. The van der Waals surface area contributed by atoms with E-state index in [0.29, 0.717) is 17.5 Å². The molecule has 1 heterocycles. The molecule has 2 aromatic carbocycles. The quantitative estimate of drug-likeness (QED) is 0.342. The summed E-state index contributed by atoms with van der Waals surface area (Å²) >= 11 is 0. The molecular formula is C25H21NO4. The fourth-order valence-electron chi connectivity index (χ4n) is 5.84. The van der Waals surface area contributed by atoms with Gasteiger partial charge in [-0.05, 0) is 47.8 Å². The third-order valence-corrected chi connectivity index (χ3v) is 7.18. The first-order valence-electron chi connectivity index (χ1n) is 10.5. The molecule has 0 unspecified atom stereocenters. The zero-order chi connectivity index (χ0) is 20.4. The van der Waals surface area contributed by atoms with Crippen LogP contribution in [0, 0.1) is 35.5 Å². The zero-order valence-electron chi connectivity index (χ0n) is 16.3. The fourth-order valence-corrected chi connectivity index (χ4v) is 5.84. The Morgan fingerprint density at radius 3 is 2.13 bits per heavy atom. The lowest BCUT2D eigenvalue weighted by molar-refractivity contribution is -0.134. The molecule has 0 N–H and O–H groups in total. The van der Waals surface area contributed by atoms with Crippen LogP contribution >= 0.6 is 0 Å². The van der Waals surface area contributed by atoms with Crippen molar-refractivity contribution in [2.24, 2.45) is 35.5 Å². The van der Waals surface area contributed by atoms with Crippen molar-refractivity contribution in [3.05, 3.63) is 72.3 Å². The number of benzene rings is 2. The Morgan fingerprint density at radius 2 is 1.47 bits per heavy atom. The molecule has 4 aliphatic carbocycles. The SMILES string of the molecule is O=C(Cc1ccccc1)Oc1ccccc1N1C(=O)[C@@H]2[C@H]3C=C[C@@H]([C@@H]4C[C@@H]34)[C@H]2C1=O. The molecule has 2 aromatic rings. The summed E-state index contributed by atoms with van der Waals surface area (Å²) in [6, 6.07) is 16.2. The molecule has 0 radical (unpaired) electrons. The molecule has 0 aromatic heterocycles. The summed E-state index contributed by atoms with van der Waals surface area (Å²) in [5.74, 6) is 0.417. The lowest BCUT2D eigenvalue weighted by Crippen LogP contribution is -2.40. The Balaban J connectivity index is 1.29. The van der Waals surface area contributed by atoms with Crippen LogP contribution < -0.4 is 9.64 Å². The highest BCUT2D eigenvalue weighted by atomic mass is 16.5. The van der Waals surface area contributed by atoms with Gasteiger partial charge in [-0.25, -0.2) is 4.90 Å². The van der Waals surface area contributed by atoms with Gasteiger partial charge in [-0.1, -0.05) is 54.6 Å². The average molecular weight is 399 g/mol. The fraction of sp³-hybridized carbons (Fsp3) is 0.320. The Kier molecular flexibility index (Phi) is 3.76. The van der Waals surface area contributed by atoms with Crippen LogP contribution in [0.5, 0.6) is 5.75 Å². The number of para-hydroxylation sites is 2. The molecular weight excluding hydrogens is 378 g/mol.